The first-order chi connectivity index (χ1) is 10.3. The van der Waals surface area contributed by atoms with Gasteiger partial charge >= 0.3 is 0 Å². The Morgan fingerprint density at radius 2 is 1.90 bits per heavy atom. The van der Waals surface area contributed by atoms with E-state index in [1.54, 1.807) is 0 Å². The predicted molar refractivity (Wildman–Crippen MR) is 84.9 cm³/mol. The summed E-state index contributed by atoms with van der Waals surface area (Å²) < 4.78 is 0. The van der Waals surface area contributed by atoms with Crippen LogP contribution in [0.2, 0.25) is 0 Å². The van der Waals surface area contributed by atoms with Crippen molar-refractivity contribution >= 4 is 5.91 Å². The van der Waals surface area contributed by atoms with Gasteiger partial charge in [-0.05, 0) is 29.9 Å². The molecule has 114 valence electrons. The molecule has 1 aliphatic heterocycles. The van der Waals surface area contributed by atoms with Crippen molar-refractivity contribution in [1.82, 2.24) is 10.2 Å². The lowest BCUT2D eigenvalue weighted by molar-refractivity contribution is -0.128. The van der Waals surface area contributed by atoms with Gasteiger partial charge in [0.15, 0.2) is 0 Å². The summed E-state index contributed by atoms with van der Waals surface area (Å²) in [5, 5.41) is 3.36. The van der Waals surface area contributed by atoms with Crippen molar-refractivity contribution in [3.8, 4) is 0 Å². The first-order valence-electron chi connectivity index (χ1n) is 8.39. The second kappa shape index (κ2) is 6.61. The van der Waals surface area contributed by atoms with Gasteiger partial charge in [-0.3, -0.25) is 10.1 Å². The molecule has 21 heavy (non-hydrogen) atoms. The number of hydrogen-bond acceptors (Lipinski definition) is 2. The Kier molecular flexibility index (Phi) is 4.59. The number of nitrogens with one attached hydrogen (secondary N) is 1. The zero-order valence-corrected chi connectivity index (χ0v) is 13.0. The first kappa shape index (κ1) is 14.6. The van der Waals surface area contributed by atoms with Crippen LogP contribution >= 0.6 is 0 Å². The highest BCUT2D eigenvalue weighted by Gasteiger charge is 2.31. The largest absolute Gasteiger partial charge is 0.322 e. The van der Waals surface area contributed by atoms with E-state index in [0.29, 0.717) is 6.54 Å². The van der Waals surface area contributed by atoms with E-state index < -0.39 is 0 Å². The SMILES string of the molecule is CCc1ccc(C2NCC(=O)N2CCC2CCCC2)cc1. The first-order valence-corrected chi connectivity index (χ1v) is 8.39. The van der Waals surface area contributed by atoms with Crippen LogP contribution in [0.1, 0.15) is 56.3 Å². The number of carbonyl (C=O) groups excluding carboxylic acids is 1. The molecular formula is C18H26N2O. The maximum atomic E-state index is 12.1. The third-order valence-corrected chi connectivity index (χ3v) is 5.04. The fourth-order valence-corrected chi connectivity index (χ4v) is 3.65. The standard InChI is InChI=1S/C18H26N2O/c1-2-14-7-9-16(10-8-14)18-19-13-17(21)20(18)12-11-15-5-3-4-6-15/h7-10,15,18-19H,2-6,11-13H2,1H3. The van der Waals surface area contributed by atoms with E-state index in [1.807, 2.05) is 4.90 Å². The van der Waals surface area contributed by atoms with Gasteiger partial charge in [-0.15, -0.1) is 0 Å². The van der Waals surface area contributed by atoms with E-state index in [0.717, 1.165) is 25.3 Å². The Hall–Kier alpha value is -1.35. The summed E-state index contributed by atoms with van der Waals surface area (Å²) in [4.78, 5) is 14.2. The maximum absolute atomic E-state index is 12.1. The molecule has 1 amide bonds. The van der Waals surface area contributed by atoms with Gasteiger partial charge in [-0.25, -0.2) is 0 Å². The van der Waals surface area contributed by atoms with Crippen LogP contribution in [0.3, 0.4) is 0 Å². The number of benzene rings is 1. The number of carbonyl (C=O) groups is 1. The number of aryl methyl sites for hydroxylation is 1. The summed E-state index contributed by atoms with van der Waals surface area (Å²) in [5.41, 5.74) is 2.56. The molecule has 3 nitrogen and oxygen atoms in total. The Morgan fingerprint density at radius 3 is 2.57 bits per heavy atom. The molecule has 1 saturated carbocycles. The van der Waals surface area contributed by atoms with Gasteiger partial charge in [0.25, 0.3) is 0 Å². The van der Waals surface area contributed by atoms with E-state index in [1.165, 1.54) is 36.8 Å². The van der Waals surface area contributed by atoms with Crippen molar-refractivity contribution in [1.29, 1.82) is 0 Å². The summed E-state index contributed by atoms with van der Waals surface area (Å²) in [6.07, 6.45) is 7.75. The van der Waals surface area contributed by atoms with Gasteiger partial charge < -0.3 is 4.90 Å². The Labute approximate surface area is 127 Å². The maximum Gasteiger partial charge on any atom is 0.238 e. The molecule has 1 aliphatic carbocycles. The average molecular weight is 286 g/mol. The summed E-state index contributed by atoms with van der Waals surface area (Å²) in [5.74, 6) is 1.08. The van der Waals surface area contributed by atoms with E-state index >= 15 is 0 Å². The zero-order valence-electron chi connectivity index (χ0n) is 13.0. The molecule has 2 fully saturated rings. The molecule has 3 rings (SSSR count). The third-order valence-electron chi connectivity index (χ3n) is 5.04. The van der Waals surface area contributed by atoms with Crippen LogP contribution in [-0.4, -0.2) is 23.9 Å². The highest BCUT2D eigenvalue weighted by atomic mass is 16.2. The monoisotopic (exact) mass is 286 g/mol. The lowest BCUT2D eigenvalue weighted by Crippen LogP contribution is -2.32. The molecule has 1 atom stereocenters. The van der Waals surface area contributed by atoms with Crippen molar-refractivity contribution < 1.29 is 4.79 Å². The van der Waals surface area contributed by atoms with Crippen molar-refractivity contribution in [2.75, 3.05) is 13.1 Å². The minimum absolute atomic E-state index is 0.0739. The molecule has 0 radical (unpaired) electrons. The van der Waals surface area contributed by atoms with Gasteiger partial charge in [-0.2, -0.15) is 0 Å². The summed E-state index contributed by atoms with van der Waals surface area (Å²) in [7, 11) is 0. The van der Waals surface area contributed by atoms with Crippen LogP contribution in [0.15, 0.2) is 24.3 Å². The molecule has 0 bridgehead atoms. The van der Waals surface area contributed by atoms with Gasteiger partial charge in [0, 0.05) is 6.54 Å². The van der Waals surface area contributed by atoms with E-state index in [2.05, 4.69) is 36.5 Å². The average Bonchev–Trinajstić information content (AvgIpc) is 3.15. The molecule has 1 unspecified atom stereocenters. The van der Waals surface area contributed by atoms with Crippen molar-refractivity contribution in [2.45, 2.75) is 51.6 Å². The van der Waals surface area contributed by atoms with Crippen molar-refractivity contribution in [3.63, 3.8) is 0 Å². The Balaban J connectivity index is 1.65. The van der Waals surface area contributed by atoms with Crippen LogP contribution in [0.4, 0.5) is 0 Å². The van der Waals surface area contributed by atoms with Gasteiger partial charge in [0.2, 0.25) is 5.91 Å². The molecule has 2 aliphatic rings. The lowest BCUT2D eigenvalue weighted by Gasteiger charge is -2.26. The van der Waals surface area contributed by atoms with Crippen LogP contribution in [0.25, 0.3) is 0 Å². The normalized spacial score (nSPS) is 23.2. The molecule has 1 aromatic rings. The lowest BCUT2D eigenvalue weighted by atomic mass is 10.0. The molecule has 0 aromatic heterocycles. The Morgan fingerprint density at radius 1 is 1.19 bits per heavy atom. The van der Waals surface area contributed by atoms with Gasteiger partial charge in [-0.1, -0.05) is 56.9 Å². The zero-order chi connectivity index (χ0) is 14.7. The molecule has 0 spiro atoms. The fraction of sp³-hybridized carbons (Fsp3) is 0.611. The number of rotatable bonds is 5. The Bertz CT molecular complexity index is 476. The van der Waals surface area contributed by atoms with Gasteiger partial charge in [0.05, 0.1) is 6.54 Å². The fourth-order valence-electron chi connectivity index (χ4n) is 3.65. The number of hydrogen-bond donors (Lipinski definition) is 1. The highest BCUT2D eigenvalue weighted by molar-refractivity contribution is 5.80. The van der Waals surface area contributed by atoms with E-state index in [9.17, 15) is 4.79 Å². The van der Waals surface area contributed by atoms with Gasteiger partial charge in [0.1, 0.15) is 6.17 Å². The van der Waals surface area contributed by atoms with Crippen LogP contribution in [-0.2, 0) is 11.2 Å². The van der Waals surface area contributed by atoms with E-state index in [4.69, 9.17) is 0 Å². The van der Waals surface area contributed by atoms with Crippen molar-refractivity contribution in [3.05, 3.63) is 35.4 Å². The molecule has 1 aromatic carbocycles. The second-order valence-electron chi connectivity index (χ2n) is 6.40. The van der Waals surface area contributed by atoms with Crippen LogP contribution in [0, 0.1) is 5.92 Å². The van der Waals surface area contributed by atoms with Crippen molar-refractivity contribution in [2.24, 2.45) is 5.92 Å². The number of nitrogens with zero attached hydrogens (tertiary/aromatic N) is 1. The number of amides is 1. The quantitative estimate of drug-likeness (QED) is 0.901. The predicted octanol–water partition coefficient (Wildman–Crippen LogP) is 3.26. The second-order valence-corrected chi connectivity index (χ2v) is 6.40. The third kappa shape index (κ3) is 3.29. The molecule has 1 N–H and O–H groups in total. The smallest absolute Gasteiger partial charge is 0.238 e. The van der Waals surface area contributed by atoms with Crippen LogP contribution in [0.5, 0.6) is 0 Å². The minimum Gasteiger partial charge on any atom is -0.322 e. The van der Waals surface area contributed by atoms with Crippen LogP contribution < -0.4 is 5.32 Å². The molecule has 1 saturated heterocycles. The minimum atomic E-state index is 0.0739. The molecule has 1 heterocycles. The van der Waals surface area contributed by atoms with E-state index in [-0.39, 0.29) is 12.1 Å². The summed E-state index contributed by atoms with van der Waals surface area (Å²) in [6.45, 7) is 3.54. The molecule has 3 heteroatoms. The molecular weight excluding hydrogens is 260 g/mol. The topological polar surface area (TPSA) is 32.3 Å². The summed E-state index contributed by atoms with van der Waals surface area (Å²) in [6, 6.07) is 8.68. The summed E-state index contributed by atoms with van der Waals surface area (Å²) >= 11 is 0. The highest BCUT2D eigenvalue weighted by Crippen LogP contribution is 2.30.